The number of amides is 1. The molecule has 0 aliphatic carbocycles. The minimum absolute atomic E-state index is 0.0325. The summed E-state index contributed by atoms with van der Waals surface area (Å²) in [4.78, 5) is 30.2. The highest BCUT2D eigenvalue weighted by Crippen LogP contribution is 2.33. The Morgan fingerprint density at radius 2 is 1.84 bits per heavy atom. The van der Waals surface area contributed by atoms with Crippen LogP contribution in [0.15, 0.2) is 54.6 Å². The van der Waals surface area contributed by atoms with E-state index < -0.39 is 5.97 Å². The van der Waals surface area contributed by atoms with Crippen LogP contribution in [0.5, 0.6) is 0 Å². The summed E-state index contributed by atoms with van der Waals surface area (Å²) in [5, 5.41) is 9.27. The molecule has 2 heterocycles. The summed E-state index contributed by atoms with van der Waals surface area (Å²) in [5.41, 5.74) is 2.39. The zero-order valence-corrected chi connectivity index (χ0v) is 13.5. The first-order valence-corrected chi connectivity index (χ1v) is 8.16. The minimum atomic E-state index is -0.923. The van der Waals surface area contributed by atoms with Crippen LogP contribution in [0.25, 0.3) is 11.0 Å². The molecule has 1 fully saturated rings. The van der Waals surface area contributed by atoms with Gasteiger partial charge in [-0.05, 0) is 24.3 Å². The minimum Gasteiger partial charge on any atom is -0.480 e. The molecule has 6 nitrogen and oxygen atoms in total. The zero-order chi connectivity index (χ0) is 17.4. The van der Waals surface area contributed by atoms with Gasteiger partial charge in [0.25, 0.3) is 0 Å². The van der Waals surface area contributed by atoms with Crippen LogP contribution in [-0.4, -0.2) is 33.1 Å². The molecule has 1 atom stereocenters. The number of fused-ring (bicyclic) bond motifs is 1. The van der Waals surface area contributed by atoms with E-state index in [0.29, 0.717) is 18.8 Å². The Labute approximate surface area is 144 Å². The van der Waals surface area contributed by atoms with Gasteiger partial charge in [-0.25, -0.2) is 4.98 Å². The van der Waals surface area contributed by atoms with E-state index >= 15 is 0 Å². The second kappa shape index (κ2) is 6.05. The molecule has 1 amide bonds. The van der Waals surface area contributed by atoms with Crippen LogP contribution in [0, 0.1) is 0 Å². The highest BCUT2D eigenvalue weighted by Gasteiger charge is 2.35. The van der Waals surface area contributed by atoms with Crippen molar-refractivity contribution >= 4 is 28.6 Å². The molecule has 1 aliphatic heterocycles. The fourth-order valence-electron chi connectivity index (χ4n) is 3.45. The zero-order valence-electron chi connectivity index (χ0n) is 13.5. The second-order valence-corrected chi connectivity index (χ2v) is 6.18. The third-order valence-electron chi connectivity index (χ3n) is 4.54. The second-order valence-electron chi connectivity index (χ2n) is 6.18. The topological polar surface area (TPSA) is 75.4 Å². The Balaban J connectivity index is 1.73. The van der Waals surface area contributed by atoms with Crippen LogP contribution in [0.1, 0.15) is 18.2 Å². The molecule has 25 heavy (non-hydrogen) atoms. The van der Waals surface area contributed by atoms with Crippen molar-refractivity contribution in [1.82, 2.24) is 9.55 Å². The fraction of sp³-hybridized carbons (Fsp3) is 0.211. The predicted molar refractivity (Wildman–Crippen MR) is 93.5 cm³/mol. The first kappa shape index (κ1) is 15.4. The number of anilines is 1. The van der Waals surface area contributed by atoms with Crippen LogP contribution in [0.3, 0.4) is 0 Å². The number of carboxylic acids is 1. The molecule has 1 aromatic heterocycles. The smallest absolute Gasteiger partial charge is 0.323 e. The Morgan fingerprint density at radius 3 is 2.60 bits per heavy atom. The van der Waals surface area contributed by atoms with Crippen molar-refractivity contribution in [2.45, 2.75) is 18.9 Å². The van der Waals surface area contributed by atoms with Crippen molar-refractivity contribution < 1.29 is 14.7 Å². The summed E-state index contributed by atoms with van der Waals surface area (Å²) >= 11 is 0. The number of carboxylic acid groups (broad SMARTS) is 1. The maximum Gasteiger partial charge on any atom is 0.323 e. The van der Waals surface area contributed by atoms with Gasteiger partial charge in [-0.3, -0.25) is 9.59 Å². The SMILES string of the molecule is O=C(O)Cn1c(C2CC(=O)N(c3ccccc3)C2)nc2ccccc21. The van der Waals surface area contributed by atoms with E-state index in [1.165, 1.54) is 0 Å². The molecule has 0 spiro atoms. The van der Waals surface area contributed by atoms with Gasteiger partial charge in [0, 0.05) is 24.6 Å². The molecule has 1 unspecified atom stereocenters. The normalized spacial score (nSPS) is 17.4. The maximum atomic E-state index is 12.5. The van der Waals surface area contributed by atoms with Gasteiger partial charge >= 0.3 is 5.97 Å². The molecule has 1 N–H and O–H groups in total. The van der Waals surface area contributed by atoms with E-state index in [1.54, 1.807) is 9.47 Å². The Kier molecular flexibility index (Phi) is 3.72. The van der Waals surface area contributed by atoms with Crippen molar-refractivity contribution in [2.75, 3.05) is 11.4 Å². The number of imidazole rings is 1. The first-order valence-electron chi connectivity index (χ1n) is 8.16. The van der Waals surface area contributed by atoms with Gasteiger partial charge in [-0.15, -0.1) is 0 Å². The molecule has 4 rings (SSSR count). The van der Waals surface area contributed by atoms with Crippen LogP contribution >= 0.6 is 0 Å². The first-order chi connectivity index (χ1) is 12.1. The molecular weight excluding hydrogens is 318 g/mol. The van der Waals surface area contributed by atoms with Crippen molar-refractivity contribution in [3.05, 3.63) is 60.4 Å². The number of aromatic nitrogens is 2. The van der Waals surface area contributed by atoms with Crippen LogP contribution in [-0.2, 0) is 16.1 Å². The third-order valence-corrected chi connectivity index (χ3v) is 4.54. The molecule has 0 saturated carbocycles. The number of hydrogen-bond donors (Lipinski definition) is 1. The van der Waals surface area contributed by atoms with Gasteiger partial charge in [0.1, 0.15) is 12.4 Å². The van der Waals surface area contributed by atoms with Gasteiger partial charge in [0.05, 0.1) is 11.0 Å². The number of nitrogens with zero attached hydrogens (tertiary/aromatic N) is 3. The van der Waals surface area contributed by atoms with Gasteiger partial charge in [-0.2, -0.15) is 0 Å². The average molecular weight is 335 g/mol. The van der Waals surface area contributed by atoms with E-state index in [4.69, 9.17) is 0 Å². The molecular formula is C19H17N3O3. The summed E-state index contributed by atoms with van der Waals surface area (Å²) in [6.07, 6.45) is 0.331. The number of hydrogen-bond acceptors (Lipinski definition) is 3. The molecule has 1 aliphatic rings. The Morgan fingerprint density at radius 1 is 1.12 bits per heavy atom. The highest BCUT2D eigenvalue weighted by atomic mass is 16.4. The van der Waals surface area contributed by atoms with Gasteiger partial charge in [-0.1, -0.05) is 30.3 Å². The van der Waals surface area contributed by atoms with Crippen molar-refractivity contribution in [3.8, 4) is 0 Å². The molecule has 0 bridgehead atoms. The lowest BCUT2D eigenvalue weighted by Gasteiger charge is -2.17. The van der Waals surface area contributed by atoms with Gasteiger partial charge < -0.3 is 14.6 Å². The van der Waals surface area contributed by atoms with Crippen molar-refractivity contribution in [2.24, 2.45) is 0 Å². The number of aliphatic carboxylic acids is 1. The largest absolute Gasteiger partial charge is 0.480 e. The number of carbonyl (C=O) groups excluding carboxylic acids is 1. The van der Waals surface area contributed by atoms with E-state index in [0.717, 1.165) is 16.7 Å². The lowest BCUT2D eigenvalue weighted by molar-refractivity contribution is -0.137. The molecule has 126 valence electrons. The van der Waals surface area contributed by atoms with E-state index in [1.807, 2.05) is 54.6 Å². The molecule has 6 heteroatoms. The summed E-state index contributed by atoms with van der Waals surface area (Å²) < 4.78 is 1.71. The quantitative estimate of drug-likeness (QED) is 0.795. The van der Waals surface area contributed by atoms with Gasteiger partial charge in [0.2, 0.25) is 5.91 Å². The van der Waals surface area contributed by atoms with E-state index in [-0.39, 0.29) is 18.4 Å². The van der Waals surface area contributed by atoms with Crippen molar-refractivity contribution in [1.29, 1.82) is 0 Å². The number of carbonyl (C=O) groups is 2. The summed E-state index contributed by atoms with van der Waals surface area (Å²) in [6, 6.07) is 17.0. The van der Waals surface area contributed by atoms with Crippen LogP contribution < -0.4 is 4.90 Å². The van der Waals surface area contributed by atoms with Crippen LogP contribution in [0.4, 0.5) is 5.69 Å². The maximum absolute atomic E-state index is 12.5. The summed E-state index contributed by atoms with van der Waals surface area (Å²) in [7, 11) is 0. The highest BCUT2D eigenvalue weighted by molar-refractivity contribution is 5.96. The van der Waals surface area contributed by atoms with Crippen LogP contribution in [0.2, 0.25) is 0 Å². The fourth-order valence-corrected chi connectivity index (χ4v) is 3.45. The molecule has 2 aromatic carbocycles. The Bertz CT molecular complexity index is 949. The molecule has 1 saturated heterocycles. The average Bonchev–Trinajstić information content (AvgIpc) is 3.16. The molecule has 0 radical (unpaired) electrons. The number of rotatable bonds is 4. The number of para-hydroxylation sites is 3. The van der Waals surface area contributed by atoms with E-state index in [2.05, 4.69) is 4.98 Å². The predicted octanol–water partition coefficient (Wildman–Crippen LogP) is 2.64. The van der Waals surface area contributed by atoms with E-state index in [9.17, 15) is 14.7 Å². The lowest BCUT2D eigenvalue weighted by atomic mass is 10.1. The third kappa shape index (κ3) is 2.76. The monoisotopic (exact) mass is 335 g/mol. The Hall–Kier alpha value is -3.15. The summed E-state index contributed by atoms with van der Waals surface area (Å²) in [5.74, 6) is -0.353. The van der Waals surface area contributed by atoms with Crippen molar-refractivity contribution in [3.63, 3.8) is 0 Å². The van der Waals surface area contributed by atoms with Gasteiger partial charge in [0.15, 0.2) is 0 Å². The standard InChI is InChI=1S/C19H17N3O3/c23-17-10-13(11-21(17)14-6-2-1-3-7-14)19-20-15-8-4-5-9-16(15)22(19)12-18(24)25/h1-9,13H,10-12H2,(H,24,25). The molecule has 3 aromatic rings. The summed E-state index contributed by atoms with van der Waals surface area (Å²) in [6.45, 7) is 0.345. The lowest BCUT2D eigenvalue weighted by Crippen LogP contribution is -2.24. The number of benzene rings is 2.